The van der Waals surface area contributed by atoms with Crippen molar-refractivity contribution in [3.63, 3.8) is 0 Å². The minimum Gasteiger partial charge on any atom is -0.454 e. The van der Waals surface area contributed by atoms with Crippen molar-refractivity contribution in [2.45, 2.75) is 6.92 Å². The molecule has 2 rings (SSSR count). The van der Waals surface area contributed by atoms with Crippen molar-refractivity contribution in [3.05, 3.63) is 23.8 Å². The summed E-state index contributed by atoms with van der Waals surface area (Å²) in [6.07, 6.45) is 0. The van der Waals surface area contributed by atoms with Gasteiger partial charge in [-0.05, 0) is 24.6 Å². The molecule has 0 aromatic heterocycles. The summed E-state index contributed by atoms with van der Waals surface area (Å²) in [5.41, 5.74) is 1.02. The summed E-state index contributed by atoms with van der Waals surface area (Å²) in [7, 11) is 0. The number of fused-ring (bicyclic) bond motifs is 1. The third kappa shape index (κ3) is 0.727. The Morgan fingerprint density at radius 2 is 2.20 bits per heavy atom. The van der Waals surface area contributed by atoms with Crippen LogP contribution in [0.4, 0.5) is 0 Å². The zero-order valence-corrected chi connectivity index (χ0v) is 5.55. The molecule has 0 atom stereocenters. The van der Waals surface area contributed by atoms with Gasteiger partial charge in [0.1, 0.15) is 2.74 Å². The molecule has 0 N–H and O–H groups in total. The Labute approximate surface area is 62.2 Å². The van der Waals surface area contributed by atoms with Gasteiger partial charge in [-0.1, -0.05) is 6.07 Å². The van der Waals surface area contributed by atoms with E-state index < -0.39 is 6.75 Å². The van der Waals surface area contributed by atoms with Crippen LogP contribution in [0, 0.1) is 6.92 Å². The minimum atomic E-state index is -2.00. The van der Waals surface area contributed by atoms with E-state index in [2.05, 4.69) is 0 Å². The van der Waals surface area contributed by atoms with E-state index in [1.54, 1.807) is 12.1 Å². The van der Waals surface area contributed by atoms with E-state index in [4.69, 9.17) is 12.2 Å². The number of hydrogen-bond acceptors (Lipinski definition) is 2. The Morgan fingerprint density at radius 3 is 3.10 bits per heavy atom. The molecular weight excluding hydrogens is 128 g/mol. The van der Waals surface area contributed by atoms with E-state index >= 15 is 0 Å². The first-order valence-corrected chi connectivity index (χ1v) is 3.05. The molecular formula is C8H8O2. The van der Waals surface area contributed by atoms with E-state index in [-0.39, 0.29) is 0 Å². The van der Waals surface area contributed by atoms with Gasteiger partial charge in [0.25, 0.3) is 0 Å². The average molecular weight is 138 g/mol. The number of aryl methyl sites for hydroxylation is 1. The number of hydrogen-bond donors (Lipinski definition) is 0. The van der Waals surface area contributed by atoms with Gasteiger partial charge in [0.2, 0.25) is 6.75 Å². The zero-order valence-electron chi connectivity index (χ0n) is 7.55. The molecule has 1 aliphatic rings. The van der Waals surface area contributed by atoms with Gasteiger partial charge < -0.3 is 9.47 Å². The topological polar surface area (TPSA) is 18.5 Å². The van der Waals surface area contributed by atoms with Crippen molar-refractivity contribution in [3.8, 4) is 11.5 Å². The van der Waals surface area contributed by atoms with Crippen LogP contribution in [0.15, 0.2) is 18.2 Å². The molecule has 0 spiro atoms. The van der Waals surface area contributed by atoms with Crippen LogP contribution in [0.1, 0.15) is 8.30 Å². The van der Waals surface area contributed by atoms with Crippen LogP contribution in [0.3, 0.4) is 0 Å². The largest absolute Gasteiger partial charge is 0.454 e. The predicted octanol–water partition coefficient (Wildman–Crippen LogP) is 1.72. The molecule has 0 saturated heterocycles. The molecule has 0 aliphatic carbocycles. The van der Waals surface area contributed by atoms with Gasteiger partial charge in [-0.2, -0.15) is 0 Å². The van der Waals surface area contributed by atoms with E-state index in [9.17, 15) is 0 Å². The van der Waals surface area contributed by atoms with Crippen LogP contribution in [-0.2, 0) is 0 Å². The highest BCUT2D eigenvalue weighted by Crippen LogP contribution is 2.31. The summed E-state index contributed by atoms with van der Waals surface area (Å²) < 4.78 is 24.1. The minimum absolute atomic E-state index is 0.464. The smallest absolute Gasteiger partial charge is 0.231 e. The second-order valence-corrected chi connectivity index (χ2v) is 2.24. The first-order valence-electron chi connectivity index (χ1n) is 4.05. The van der Waals surface area contributed by atoms with E-state index in [0.717, 1.165) is 5.56 Å². The lowest BCUT2D eigenvalue weighted by atomic mass is 10.2. The summed E-state index contributed by atoms with van der Waals surface area (Å²) in [4.78, 5) is 0. The maximum Gasteiger partial charge on any atom is 0.231 e. The standard InChI is InChI=1S/C8H8O2/c1-6-2-3-7-8(4-6)10-5-9-7/h2-4H,5H2,1H3/i5D2. The summed E-state index contributed by atoms with van der Waals surface area (Å²) in [5, 5.41) is 0. The molecule has 2 heteroatoms. The number of ether oxygens (including phenoxy) is 2. The Bertz CT molecular complexity index is 323. The van der Waals surface area contributed by atoms with Crippen molar-refractivity contribution in [2.75, 3.05) is 6.75 Å². The quantitative estimate of drug-likeness (QED) is 0.543. The molecule has 1 aromatic rings. The highest BCUT2D eigenvalue weighted by Gasteiger charge is 2.11. The van der Waals surface area contributed by atoms with E-state index in [0.29, 0.717) is 11.5 Å². The Balaban J connectivity index is 2.43. The van der Waals surface area contributed by atoms with Crippen molar-refractivity contribution in [1.29, 1.82) is 0 Å². The second kappa shape index (κ2) is 1.90. The molecule has 0 unspecified atom stereocenters. The fraction of sp³-hybridized carbons (Fsp3) is 0.250. The third-order valence-corrected chi connectivity index (χ3v) is 1.40. The Hall–Kier alpha value is -1.18. The molecule has 52 valence electrons. The molecule has 10 heavy (non-hydrogen) atoms. The maximum absolute atomic E-state index is 7.16. The Kier molecular flexibility index (Phi) is 0.735. The number of benzene rings is 1. The monoisotopic (exact) mass is 138 g/mol. The predicted molar refractivity (Wildman–Crippen MR) is 37.3 cm³/mol. The van der Waals surface area contributed by atoms with Crippen LogP contribution in [0.25, 0.3) is 0 Å². The average Bonchev–Trinajstić information content (AvgIpc) is 2.21. The molecule has 2 nitrogen and oxygen atoms in total. The van der Waals surface area contributed by atoms with Crippen LogP contribution in [-0.4, -0.2) is 6.75 Å². The maximum atomic E-state index is 7.16. The van der Waals surface area contributed by atoms with Gasteiger partial charge in [0.15, 0.2) is 11.5 Å². The highest BCUT2D eigenvalue weighted by molar-refractivity contribution is 5.43. The van der Waals surface area contributed by atoms with Gasteiger partial charge in [0, 0.05) is 0 Å². The zero-order chi connectivity index (χ0) is 8.77. The van der Waals surface area contributed by atoms with Crippen molar-refractivity contribution in [1.82, 2.24) is 0 Å². The van der Waals surface area contributed by atoms with Crippen LogP contribution in [0.5, 0.6) is 11.5 Å². The fourth-order valence-corrected chi connectivity index (χ4v) is 0.890. The summed E-state index contributed by atoms with van der Waals surface area (Å²) in [6.45, 7) is -0.0896. The Morgan fingerprint density at radius 1 is 1.40 bits per heavy atom. The molecule has 1 heterocycles. The molecule has 1 aliphatic heterocycles. The lowest BCUT2D eigenvalue weighted by Crippen LogP contribution is -1.92. The van der Waals surface area contributed by atoms with E-state index in [1.165, 1.54) is 0 Å². The van der Waals surface area contributed by atoms with Crippen molar-refractivity contribution < 1.29 is 12.2 Å². The molecule has 0 bridgehead atoms. The van der Waals surface area contributed by atoms with E-state index in [1.807, 2.05) is 13.0 Å². The van der Waals surface area contributed by atoms with Crippen LogP contribution in [0.2, 0.25) is 0 Å². The molecule has 0 saturated carbocycles. The first kappa shape index (κ1) is 3.86. The fourth-order valence-electron chi connectivity index (χ4n) is 0.890. The summed E-state index contributed by atoms with van der Waals surface area (Å²) in [5.74, 6) is 0.936. The molecule has 1 aromatic carbocycles. The molecule has 0 amide bonds. The normalized spacial score (nSPS) is 21.7. The van der Waals surface area contributed by atoms with Gasteiger partial charge in [-0.25, -0.2) is 0 Å². The summed E-state index contributed by atoms with van der Waals surface area (Å²) in [6, 6.07) is 5.30. The third-order valence-electron chi connectivity index (χ3n) is 1.40. The SMILES string of the molecule is [2H]C1([2H])Oc2ccc(C)cc2O1. The van der Waals surface area contributed by atoms with Crippen LogP contribution >= 0.6 is 0 Å². The van der Waals surface area contributed by atoms with Gasteiger partial charge in [0.05, 0.1) is 0 Å². The summed E-state index contributed by atoms with van der Waals surface area (Å²) >= 11 is 0. The second-order valence-electron chi connectivity index (χ2n) is 2.24. The molecule has 0 radical (unpaired) electrons. The van der Waals surface area contributed by atoms with Crippen molar-refractivity contribution >= 4 is 0 Å². The molecule has 0 fully saturated rings. The van der Waals surface area contributed by atoms with Gasteiger partial charge in [-0.3, -0.25) is 0 Å². The lowest BCUT2D eigenvalue weighted by molar-refractivity contribution is 0.174. The lowest BCUT2D eigenvalue weighted by Gasteiger charge is -1.94. The van der Waals surface area contributed by atoms with Gasteiger partial charge >= 0.3 is 0 Å². The van der Waals surface area contributed by atoms with Gasteiger partial charge in [-0.15, -0.1) is 0 Å². The van der Waals surface area contributed by atoms with Crippen LogP contribution < -0.4 is 9.47 Å². The first-order chi connectivity index (χ1) is 5.57. The number of rotatable bonds is 0. The highest BCUT2D eigenvalue weighted by atomic mass is 16.7. The van der Waals surface area contributed by atoms with Crippen molar-refractivity contribution in [2.24, 2.45) is 0 Å².